The predicted molar refractivity (Wildman–Crippen MR) is 88.7 cm³/mol. The highest BCUT2D eigenvalue weighted by atomic mass is 32.2. The highest BCUT2D eigenvalue weighted by Crippen LogP contribution is 2.27. The molecule has 0 aliphatic carbocycles. The Labute approximate surface area is 136 Å². The van der Waals surface area contributed by atoms with Crippen LogP contribution in [0.2, 0.25) is 0 Å². The van der Waals surface area contributed by atoms with E-state index in [1.165, 1.54) is 7.11 Å². The summed E-state index contributed by atoms with van der Waals surface area (Å²) in [6.45, 7) is 0. The lowest BCUT2D eigenvalue weighted by Gasteiger charge is -2.08. The van der Waals surface area contributed by atoms with E-state index < -0.39 is 10.8 Å². The van der Waals surface area contributed by atoms with Gasteiger partial charge >= 0.3 is 5.97 Å². The molecule has 0 fully saturated rings. The Kier molecular flexibility index (Phi) is 4.25. The SMILES string of the molecule is COC(=O)Cc1cnn2ccc(-c3ccccc3S(C)=O)cc12. The molecule has 3 aromatic rings. The van der Waals surface area contributed by atoms with E-state index in [9.17, 15) is 9.00 Å². The van der Waals surface area contributed by atoms with Gasteiger partial charge in [-0.1, -0.05) is 18.2 Å². The quantitative estimate of drug-likeness (QED) is 0.690. The smallest absolute Gasteiger partial charge is 0.310 e. The van der Waals surface area contributed by atoms with Gasteiger partial charge in [-0.25, -0.2) is 4.52 Å². The third-order valence-corrected chi connectivity index (χ3v) is 4.65. The van der Waals surface area contributed by atoms with E-state index in [0.29, 0.717) is 0 Å². The lowest BCUT2D eigenvalue weighted by molar-refractivity contribution is -0.139. The Hall–Kier alpha value is -2.47. The van der Waals surface area contributed by atoms with Crippen molar-refractivity contribution >= 4 is 22.3 Å². The number of pyridine rings is 1. The second-order valence-corrected chi connectivity index (χ2v) is 6.47. The minimum absolute atomic E-state index is 0.171. The number of ether oxygens (including phenoxy) is 1. The lowest BCUT2D eigenvalue weighted by atomic mass is 10.1. The number of carbonyl (C=O) groups excluding carboxylic acids is 1. The van der Waals surface area contributed by atoms with Crippen LogP contribution in [0.25, 0.3) is 16.6 Å². The molecule has 6 heteroatoms. The average Bonchev–Trinajstić information content (AvgIpc) is 2.96. The molecule has 0 N–H and O–H groups in total. The minimum atomic E-state index is -1.08. The van der Waals surface area contributed by atoms with Crippen LogP contribution in [-0.4, -0.2) is 33.2 Å². The fourth-order valence-corrected chi connectivity index (χ4v) is 3.28. The van der Waals surface area contributed by atoms with Crippen LogP contribution in [0.15, 0.2) is 53.7 Å². The van der Waals surface area contributed by atoms with E-state index in [1.807, 2.05) is 42.6 Å². The summed E-state index contributed by atoms with van der Waals surface area (Å²) in [5.74, 6) is -0.305. The number of methoxy groups -OCH3 is 1. The van der Waals surface area contributed by atoms with Gasteiger partial charge in [0.05, 0.1) is 36.0 Å². The first-order chi connectivity index (χ1) is 11.1. The van der Waals surface area contributed by atoms with Gasteiger partial charge in [-0.2, -0.15) is 5.10 Å². The molecule has 3 rings (SSSR count). The fourth-order valence-electron chi connectivity index (χ4n) is 2.52. The summed E-state index contributed by atoms with van der Waals surface area (Å²) >= 11 is 0. The molecule has 0 saturated carbocycles. The number of hydrogen-bond acceptors (Lipinski definition) is 4. The molecule has 2 heterocycles. The summed E-state index contributed by atoms with van der Waals surface area (Å²) in [5, 5.41) is 4.25. The number of fused-ring (bicyclic) bond motifs is 1. The zero-order valence-electron chi connectivity index (χ0n) is 12.9. The average molecular weight is 328 g/mol. The molecule has 2 aromatic heterocycles. The van der Waals surface area contributed by atoms with Crippen molar-refractivity contribution in [2.75, 3.05) is 13.4 Å². The maximum Gasteiger partial charge on any atom is 0.310 e. The number of carbonyl (C=O) groups is 1. The number of aromatic nitrogens is 2. The number of nitrogens with zero attached hydrogens (tertiary/aromatic N) is 2. The van der Waals surface area contributed by atoms with E-state index in [2.05, 4.69) is 5.10 Å². The summed E-state index contributed by atoms with van der Waals surface area (Å²) in [7, 11) is 0.290. The van der Waals surface area contributed by atoms with Crippen LogP contribution < -0.4 is 0 Å². The normalized spacial score (nSPS) is 12.3. The van der Waals surface area contributed by atoms with Gasteiger partial charge in [-0.3, -0.25) is 9.00 Å². The van der Waals surface area contributed by atoms with E-state index in [1.54, 1.807) is 17.0 Å². The molecule has 0 radical (unpaired) electrons. The first-order valence-electron chi connectivity index (χ1n) is 7.06. The highest BCUT2D eigenvalue weighted by Gasteiger charge is 2.12. The first kappa shape index (κ1) is 15.4. The van der Waals surface area contributed by atoms with Crippen LogP contribution in [0, 0.1) is 0 Å². The van der Waals surface area contributed by atoms with Gasteiger partial charge in [-0.05, 0) is 29.3 Å². The van der Waals surface area contributed by atoms with Crippen LogP contribution in [0.1, 0.15) is 5.56 Å². The lowest BCUT2D eigenvalue weighted by Crippen LogP contribution is -2.04. The zero-order valence-corrected chi connectivity index (χ0v) is 13.7. The molecule has 1 unspecified atom stereocenters. The maximum atomic E-state index is 11.9. The van der Waals surface area contributed by atoms with Crippen molar-refractivity contribution in [2.24, 2.45) is 0 Å². The summed E-state index contributed by atoms with van der Waals surface area (Å²) < 4.78 is 18.4. The molecule has 0 amide bonds. The molecule has 0 spiro atoms. The molecule has 5 nitrogen and oxygen atoms in total. The summed E-state index contributed by atoms with van der Waals surface area (Å²) in [5.41, 5.74) is 3.49. The molecule has 1 atom stereocenters. The molecule has 0 aliphatic rings. The van der Waals surface area contributed by atoms with Crippen LogP contribution in [0.5, 0.6) is 0 Å². The van der Waals surface area contributed by atoms with Gasteiger partial charge in [0, 0.05) is 22.9 Å². The van der Waals surface area contributed by atoms with Crippen LogP contribution >= 0.6 is 0 Å². The monoisotopic (exact) mass is 328 g/mol. The molecule has 118 valence electrons. The van der Waals surface area contributed by atoms with Crippen LogP contribution in [0.4, 0.5) is 0 Å². The maximum absolute atomic E-state index is 11.9. The van der Waals surface area contributed by atoms with Crippen LogP contribution in [0.3, 0.4) is 0 Å². The van der Waals surface area contributed by atoms with Gasteiger partial charge in [-0.15, -0.1) is 0 Å². The van der Waals surface area contributed by atoms with Crippen molar-refractivity contribution in [1.29, 1.82) is 0 Å². The fraction of sp³-hybridized carbons (Fsp3) is 0.176. The summed E-state index contributed by atoms with van der Waals surface area (Å²) in [4.78, 5) is 12.3. The van der Waals surface area contributed by atoms with Crippen molar-refractivity contribution in [3.05, 3.63) is 54.4 Å². The Morgan fingerprint density at radius 1 is 1.30 bits per heavy atom. The first-order valence-corrected chi connectivity index (χ1v) is 8.62. The second-order valence-electron chi connectivity index (χ2n) is 5.12. The van der Waals surface area contributed by atoms with Crippen molar-refractivity contribution in [1.82, 2.24) is 9.61 Å². The zero-order chi connectivity index (χ0) is 16.4. The topological polar surface area (TPSA) is 60.7 Å². The molecule has 23 heavy (non-hydrogen) atoms. The number of hydrogen-bond donors (Lipinski definition) is 0. The van der Waals surface area contributed by atoms with E-state index in [0.717, 1.165) is 27.1 Å². The van der Waals surface area contributed by atoms with Gasteiger partial charge in [0.25, 0.3) is 0 Å². The number of esters is 1. The summed E-state index contributed by atoms with van der Waals surface area (Å²) in [6, 6.07) is 11.5. The van der Waals surface area contributed by atoms with Crippen molar-refractivity contribution in [3.63, 3.8) is 0 Å². The Morgan fingerprint density at radius 3 is 2.83 bits per heavy atom. The molecular weight excluding hydrogens is 312 g/mol. The van der Waals surface area contributed by atoms with E-state index in [-0.39, 0.29) is 12.4 Å². The van der Waals surface area contributed by atoms with Crippen molar-refractivity contribution in [2.45, 2.75) is 11.3 Å². The Bertz CT molecular complexity index is 902. The molecular formula is C17H16N2O3S. The second kappa shape index (κ2) is 6.34. The van der Waals surface area contributed by atoms with Gasteiger partial charge in [0.15, 0.2) is 0 Å². The summed E-state index contributed by atoms with van der Waals surface area (Å²) in [6.07, 6.45) is 5.34. The Morgan fingerprint density at radius 2 is 2.09 bits per heavy atom. The Balaban J connectivity index is 2.11. The molecule has 0 saturated heterocycles. The van der Waals surface area contributed by atoms with Crippen molar-refractivity contribution in [3.8, 4) is 11.1 Å². The highest BCUT2D eigenvalue weighted by molar-refractivity contribution is 7.84. The van der Waals surface area contributed by atoms with Gasteiger partial charge < -0.3 is 4.74 Å². The number of rotatable bonds is 4. The van der Waals surface area contributed by atoms with Gasteiger partial charge in [0.2, 0.25) is 0 Å². The third-order valence-electron chi connectivity index (χ3n) is 3.67. The molecule has 1 aromatic carbocycles. The molecule has 0 aliphatic heterocycles. The predicted octanol–water partition coefficient (Wildman–Crippen LogP) is 2.45. The van der Waals surface area contributed by atoms with E-state index in [4.69, 9.17) is 4.74 Å². The van der Waals surface area contributed by atoms with Crippen molar-refractivity contribution < 1.29 is 13.7 Å². The molecule has 0 bridgehead atoms. The number of benzene rings is 1. The van der Waals surface area contributed by atoms with E-state index >= 15 is 0 Å². The van der Waals surface area contributed by atoms with Crippen LogP contribution in [-0.2, 0) is 26.8 Å². The minimum Gasteiger partial charge on any atom is -0.469 e. The van der Waals surface area contributed by atoms with Gasteiger partial charge in [0.1, 0.15) is 0 Å². The third kappa shape index (κ3) is 3.03. The largest absolute Gasteiger partial charge is 0.469 e. The standard InChI is InChI=1S/C17H16N2O3S/c1-22-17(20)10-13-11-18-19-8-7-12(9-15(13)19)14-5-3-4-6-16(14)23(2)21/h3-9,11H,10H2,1-2H3.